The van der Waals surface area contributed by atoms with Crippen molar-refractivity contribution < 1.29 is 9.59 Å². The lowest BCUT2D eigenvalue weighted by molar-refractivity contribution is -0.130. The molecule has 2 heterocycles. The zero-order valence-electron chi connectivity index (χ0n) is 15.2. The molecule has 1 fully saturated rings. The van der Waals surface area contributed by atoms with Gasteiger partial charge in [-0.1, -0.05) is 36.8 Å². The van der Waals surface area contributed by atoms with Crippen molar-refractivity contribution >= 4 is 11.8 Å². The summed E-state index contributed by atoms with van der Waals surface area (Å²) in [6.07, 6.45) is 6.61. The average molecular weight is 353 g/mol. The first-order valence-electron chi connectivity index (χ1n) is 9.49. The van der Waals surface area contributed by atoms with Crippen LogP contribution in [0.5, 0.6) is 0 Å². The third kappa shape index (κ3) is 4.97. The molecular weight excluding hydrogens is 326 g/mol. The molecule has 0 unspecified atom stereocenters. The maximum atomic E-state index is 12.5. The molecular formula is C21H27N3O2. The van der Waals surface area contributed by atoms with Crippen LogP contribution in [-0.4, -0.2) is 40.9 Å². The Balaban J connectivity index is 1.47. The average Bonchev–Trinajstić information content (AvgIpc) is 3.02. The van der Waals surface area contributed by atoms with Crippen molar-refractivity contribution in [2.24, 2.45) is 0 Å². The number of hydrogen-bond donors (Lipinski definition) is 1. The van der Waals surface area contributed by atoms with E-state index in [4.69, 9.17) is 0 Å². The van der Waals surface area contributed by atoms with Crippen LogP contribution in [0.15, 0.2) is 48.7 Å². The number of aromatic nitrogens is 1. The van der Waals surface area contributed by atoms with Gasteiger partial charge in [0.15, 0.2) is 0 Å². The number of carbonyl (C=O) groups excluding carboxylic acids is 2. The summed E-state index contributed by atoms with van der Waals surface area (Å²) in [5.41, 5.74) is 1.83. The van der Waals surface area contributed by atoms with E-state index in [9.17, 15) is 9.59 Å². The van der Waals surface area contributed by atoms with E-state index in [0.717, 1.165) is 44.3 Å². The molecule has 1 aromatic carbocycles. The summed E-state index contributed by atoms with van der Waals surface area (Å²) in [6, 6.07) is 13.8. The minimum Gasteiger partial charge on any atom is -0.351 e. The number of benzene rings is 1. The highest BCUT2D eigenvalue weighted by Crippen LogP contribution is 2.11. The highest BCUT2D eigenvalue weighted by molar-refractivity contribution is 5.92. The molecule has 138 valence electrons. The molecule has 5 heteroatoms. The number of hydrogen-bond acceptors (Lipinski definition) is 2. The normalized spacial score (nSPS) is 14.9. The Bertz CT molecular complexity index is 724. The van der Waals surface area contributed by atoms with Crippen molar-refractivity contribution in [1.29, 1.82) is 0 Å². The highest BCUT2D eigenvalue weighted by Gasteiger charge is 2.16. The molecule has 0 aliphatic carbocycles. The fraction of sp³-hybridized carbons (Fsp3) is 0.429. The molecule has 0 spiro atoms. The van der Waals surface area contributed by atoms with E-state index in [1.807, 2.05) is 46.0 Å². The van der Waals surface area contributed by atoms with Crippen LogP contribution in [-0.2, 0) is 11.3 Å². The summed E-state index contributed by atoms with van der Waals surface area (Å²) in [4.78, 5) is 26.4. The Morgan fingerprint density at radius 2 is 1.88 bits per heavy atom. The topological polar surface area (TPSA) is 54.3 Å². The Morgan fingerprint density at radius 3 is 2.73 bits per heavy atom. The van der Waals surface area contributed by atoms with Crippen molar-refractivity contribution in [3.8, 4) is 0 Å². The molecule has 1 aliphatic heterocycles. The number of rotatable bonds is 7. The summed E-state index contributed by atoms with van der Waals surface area (Å²) < 4.78 is 1.96. The van der Waals surface area contributed by atoms with Gasteiger partial charge in [-0.05, 0) is 37.0 Å². The van der Waals surface area contributed by atoms with E-state index in [-0.39, 0.29) is 11.8 Å². The first-order valence-corrected chi connectivity index (χ1v) is 9.49. The van der Waals surface area contributed by atoms with Gasteiger partial charge < -0.3 is 14.8 Å². The van der Waals surface area contributed by atoms with E-state index >= 15 is 0 Å². The fourth-order valence-corrected chi connectivity index (χ4v) is 3.38. The van der Waals surface area contributed by atoms with Gasteiger partial charge >= 0.3 is 0 Å². The molecule has 0 bridgehead atoms. The lowest BCUT2D eigenvalue weighted by Crippen LogP contribution is -2.34. The third-order valence-electron chi connectivity index (χ3n) is 4.82. The predicted molar refractivity (Wildman–Crippen MR) is 102 cm³/mol. The molecule has 0 saturated carbocycles. The van der Waals surface area contributed by atoms with Gasteiger partial charge in [0.1, 0.15) is 5.69 Å². The number of nitrogens with zero attached hydrogens (tertiary/aromatic N) is 2. The molecule has 26 heavy (non-hydrogen) atoms. The monoisotopic (exact) mass is 353 g/mol. The number of nitrogens with one attached hydrogen (secondary N) is 1. The Morgan fingerprint density at radius 1 is 1.04 bits per heavy atom. The van der Waals surface area contributed by atoms with Gasteiger partial charge in [0.05, 0.1) is 0 Å². The zero-order chi connectivity index (χ0) is 18.2. The van der Waals surface area contributed by atoms with E-state index in [0.29, 0.717) is 25.2 Å². The van der Waals surface area contributed by atoms with Crippen LogP contribution in [0.4, 0.5) is 0 Å². The molecule has 1 aromatic heterocycles. The Kier molecular flexibility index (Phi) is 6.47. The van der Waals surface area contributed by atoms with Crippen molar-refractivity contribution in [3.05, 3.63) is 59.9 Å². The van der Waals surface area contributed by atoms with E-state index in [1.165, 1.54) is 0 Å². The molecule has 0 radical (unpaired) electrons. The molecule has 1 saturated heterocycles. The van der Waals surface area contributed by atoms with Crippen LogP contribution in [0.3, 0.4) is 0 Å². The summed E-state index contributed by atoms with van der Waals surface area (Å²) >= 11 is 0. The minimum atomic E-state index is -0.0619. The fourth-order valence-electron chi connectivity index (χ4n) is 3.38. The number of carbonyl (C=O) groups is 2. The quantitative estimate of drug-likeness (QED) is 0.778. The van der Waals surface area contributed by atoms with Gasteiger partial charge in [-0.15, -0.1) is 0 Å². The molecule has 1 aliphatic rings. The van der Waals surface area contributed by atoms with E-state index in [1.54, 1.807) is 0 Å². The number of likely N-dealkylation sites (tertiary alicyclic amines) is 1. The lowest BCUT2D eigenvalue weighted by atomic mass is 10.2. The largest absolute Gasteiger partial charge is 0.351 e. The molecule has 0 atom stereocenters. The van der Waals surface area contributed by atoms with Crippen LogP contribution < -0.4 is 5.32 Å². The maximum absolute atomic E-state index is 12.5. The summed E-state index contributed by atoms with van der Waals surface area (Å²) in [5.74, 6) is 0.193. The van der Waals surface area contributed by atoms with Gasteiger partial charge in [-0.25, -0.2) is 0 Å². The molecule has 3 rings (SSSR count). The van der Waals surface area contributed by atoms with Crippen LogP contribution in [0.2, 0.25) is 0 Å². The SMILES string of the molecule is O=C(NCCCN1CCCCCC1=O)c1cccn1Cc1ccccc1. The third-order valence-corrected chi connectivity index (χ3v) is 4.82. The molecule has 2 amide bonds. The van der Waals surface area contributed by atoms with Crippen LogP contribution >= 0.6 is 0 Å². The van der Waals surface area contributed by atoms with Crippen molar-refractivity contribution in [1.82, 2.24) is 14.8 Å². The van der Waals surface area contributed by atoms with E-state index in [2.05, 4.69) is 17.4 Å². The van der Waals surface area contributed by atoms with Crippen LogP contribution in [0.1, 0.15) is 48.2 Å². The van der Waals surface area contributed by atoms with Gasteiger partial charge in [0.2, 0.25) is 5.91 Å². The lowest BCUT2D eigenvalue weighted by Gasteiger charge is -2.20. The predicted octanol–water partition coefficient (Wildman–Crippen LogP) is 3.06. The van der Waals surface area contributed by atoms with Gasteiger partial charge in [-0.3, -0.25) is 9.59 Å². The van der Waals surface area contributed by atoms with Crippen molar-refractivity contribution in [2.75, 3.05) is 19.6 Å². The first kappa shape index (κ1) is 18.2. The summed E-state index contributed by atoms with van der Waals surface area (Å²) in [6.45, 7) is 2.84. The smallest absolute Gasteiger partial charge is 0.267 e. The number of amides is 2. The van der Waals surface area contributed by atoms with Gasteiger partial charge in [0.25, 0.3) is 5.91 Å². The molecule has 2 aromatic rings. The zero-order valence-corrected chi connectivity index (χ0v) is 15.2. The van der Waals surface area contributed by atoms with Gasteiger partial charge in [-0.2, -0.15) is 0 Å². The van der Waals surface area contributed by atoms with Crippen molar-refractivity contribution in [3.63, 3.8) is 0 Å². The summed E-state index contributed by atoms with van der Waals surface area (Å²) in [7, 11) is 0. The molecule has 1 N–H and O–H groups in total. The Labute approximate surface area is 155 Å². The standard InChI is InChI=1S/C21H27N3O2/c25-20-12-5-2-6-14-23(20)16-8-13-22-21(26)19-11-7-15-24(19)17-18-9-3-1-4-10-18/h1,3-4,7,9-11,15H,2,5-6,8,12-14,16-17H2,(H,22,26). The van der Waals surface area contributed by atoms with Crippen molar-refractivity contribution in [2.45, 2.75) is 38.6 Å². The molecule has 5 nitrogen and oxygen atoms in total. The first-order chi connectivity index (χ1) is 12.7. The van der Waals surface area contributed by atoms with Gasteiger partial charge in [0, 0.05) is 38.8 Å². The van der Waals surface area contributed by atoms with Crippen LogP contribution in [0.25, 0.3) is 0 Å². The second kappa shape index (κ2) is 9.22. The second-order valence-corrected chi connectivity index (χ2v) is 6.81. The minimum absolute atomic E-state index is 0.0619. The Hall–Kier alpha value is -2.56. The summed E-state index contributed by atoms with van der Waals surface area (Å²) in [5, 5.41) is 2.98. The second-order valence-electron chi connectivity index (χ2n) is 6.81. The van der Waals surface area contributed by atoms with E-state index < -0.39 is 0 Å². The van der Waals surface area contributed by atoms with Crippen LogP contribution in [0, 0.1) is 0 Å². The highest BCUT2D eigenvalue weighted by atomic mass is 16.2. The maximum Gasteiger partial charge on any atom is 0.267 e.